The summed E-state index contributed by atoms with van der Waals surface area (Å²) < 4.78 is 5.29. The van der Waals surface area contributed by atoms with E-state index in [1.54, 1.807) is 0 Å². The van der Waals surface area contributed by atoms with Gasteiger partial charge in [0.25, 0.3) is 0 Å². The van der Waals surface area contributed by atoms with E-state index in [0.29, 0.717) is 6.04 Å². The van der Waals surface area contributed by atoms with Crippen LogP contribution < -0.4 is 5.32 Å². The van der Waals surface area contributed by atoms with E-state index >= 15 is 0 Å². The summed E-state index contributed by atoms with van der Waals surface area (Å²) >= 11 is 0. The van der Waals surface area contributed by atoms with Gasteiger partial charge in [0.05, 0.1) is 12.2 Å². The lowest BCUT2D eigenvalue weighted by molar-refractivity contribution is 0.00242. The second-order valence-electron chi connectivity index (χ2n) is 4.73. The highest BCUT2D eigenvalue weighted by Crippen LogP contribution is 2.27. The molecule has 1 aliphatic carbocycles. The monoisotopic (exact) mass is 199 g/mol. The van der Waals surface area contributed by atoms with Crippen LogP contribution in [-0.2, 0) is 4.74 Å². The zero-order chi connectivity index (χ0) is 9.86. The molecule has 3 nitrogen and oxygen atoms in total. The van der Waals surface area contributed by atoms with Gasteiger partial charge in [0.15, 0.2) is 0 Å². The van der Waals surface area contributed by atoms with Gasteiger partial charge in [-0.05, 0) is 19.3 Å². The third-order valence-electron chi connectivity index (χ3n) is 3.43. The van der Waals surface area contributed by atoms with E-state index in [4.69, 9.17) is 4.74 Å². The molecule has 1 aliphatic heterocycles. The van der Waals surface area contributed by atoms with Gasteiger partial charge in [0.2, 0.25) is 0 Å². The van der Waals surface area contributed by atoms with Crippen LogP contribution in [0.15, 0.2) is 0 Å². The molecule has 0 aromatic heterocycles. The molecule has 3 heteroatoms. The van der Waals surface area contributed by atoms with Gasteiger partial charge in [-0.15, -0.1) is 0 Å². The van der Waals surface area contributed by atoms with E-state index in [1.165, 1.54) is 19.3 Å². The lowest BCUT2D eigenvalue weighted by Gasteiger charge is -2.33. The number of nitrogens with one attached hydrogen (secondary N) is 1. The van der Waals surface area contributed by atoms with Crippen molar-refractivity contribution in [3.05, 3.63) is 0 Å². The van der Waals surface area contributed by atoms with Gasteiger partial charge in [0.1, 0.15) is 0 Å². The molecule has 2 rings (SSSR count). The highest BCUT2D eigenvalue weighted by molar-refractivity contribution is 4.86. The molecule has 0 aromatic carbocycles. The molecule has 82 valence electrons. The third kappa shape index (κ3) is 2.69. The Morgan fingerprint density at radius 2 is 2.07 bits per heavy atom. The lowest BCUT2D eigenvalue weighted by Crippen LogP contribution is -2.45. The molecule has 1 atom stereocenters. The number of aliphatic hydroxyl groups is 1. The average molecular weight is 199 g/mol. The van der Waals surface area contributed by atoms with Crippen LogP contribution in [0.5, 0.6) is 0 Å². The van der Waals surface area contributed by atoms with Crippen LogP contribution in [0, 0.1) is 0 Å². The fraction of sp³-hybridized carbons (Fsp3) is 1.00. The Bertz CT molecular complexity index is 172. The minimum Gasteiger partial charge on any atom is -0.389 e. The third-order valence-corrected chi connectivity index (χ3v) is 3.43. The topological polar surface area (TPSA) is 41.5 Å². The van der Waals surface area contributed by atoms with Crippen LogP contribution in [-0.4, -0.2) is 36.5 Å². The molecular weight excluding hydrogens is 178 g/mol. The highest BCUT2D eigenvalue weighted by Gasteiger charge is 2.30. The fourth-order valence-corrected chi connectivity index (χ4v) is 2.42. The lowest BCUT2D eigenvalue weighted by atomic mass is 9.85. The van der Waals surface area contributed by atoms with Crippen LogP contribution in [0.2, 0.25) is 0 Å². The number of hydrogen-bond donors (Lipinski definition) is 2. The summed E-state index contributed by atoms with van der Waals surface area (Å²) in [6, 6.07) is 0.473. The van der Waals surface area contributed by atoms with E-state index in [-0.39, 0.29) is 0 Å². The Balaban J connectivity index is 1.72. The summed E-state index contributed by atoms with van der Waals surface area (Å²) in [5.41, 5.74) is -0.430. The van der Waals surface area contributed by atoms with Gasteiger partial charge in [0, 0.05) is 19.2 Å². The molecule has 0 amide bonds. The van der Waals surface area contributed by atoms with Crippen molar-refractivity contribution in [2.24, 2.45) is 0 Å². The van der Waals surface area contributed by atoms with Crippen LogP contribution >= 0.6 is 0 Å². The number of ether oxygens (including phenoxy) is 1. The molecule has 0 aromatic rings. The van der Waals surface area contributed by atoms with Crippen LogP contribution in [0.4, 0.5) is 0 Å². The predicted molar refractivity (Wildman–Crippen MR) is 55.3 cm³/mol. The first-order chi connectivity index (χ1) is 6.79. The maximum Gasteiger partial charge on any atom is 0.0771 e. The summed E-state index contributed by atoms with van der Waals surface area (Å²) in [5.74, 6) is 0. The van der Waals surface area contributed by atoms with E-state index in [9.17, 15) is 5.11 Å². The molecule has 0 spiro atoms. The van der Waals surface area contributed by atoms with Crippen molar-refractivity contribution >= 4 is 0 Å². The normalized spacial score (nSPS) is 31.9. The van der Waals surface area contributed by atoms with Gasteiger partial charge >= 0.3 is 0 Å². The summed E-state index contributed by atoms with van der Waals surface area (Å²) in [7, 11) is 0. The molecule has 2 aliphatic rings. The van der Waals surface area contributed by atoms with Gasteiger partial charge in [-0.25, -0.2) is 0 Å². The first-order valence-electron chi connectivity index (χ1n) is 5.82. The summed E-state index contributed by atoms with van der Waals surface area (Å²) in [4.78, 5) is 0. The van der Waals surface area contributed by atoms with E-state index in [2.05, 4.69) is 5.32 Å². The highest BCUT2D eigenvalue weighted by atomic mass is 16.5. The van der Waals surface area contributed by atoms with Gasteiger partial charge < -0.3 is 15.2 Å². The standard InChI is InChI=1S/C11H21NO2/c13-11(5-2-1-3-6-11)9-12-10-4-7-14-8-10/h10,12-13H,1-9H2. The average Bonchev–Trinajstić information content (AvgIpc) is 2.69. The molecule has 1 saturated heterocycles. The van der Waals surface area contributed by atoms with E-state index in [1.807, 2.05) is 0 Å². The maximum absolute atomic E-state index is 10.2. The minimum absolute atomic E-state index is 0.430. The van der Waals surface area contributed by atoms with Crippen molar-refractivity contribution in [3.63, 3.8) is 0 Å². The fourth-order valence-electron chi connectivity index (χ4n) is 2.42. The van der Waals surface area contributed by atoms with Crippen molar-refractivity contribution < 1.29 is 9.84 Å². The Labute approximate surface area is 85.8 Å². The van der Waals surface area contributed by atoms with Crippen molar-refractivity contribution in [1.29, 1.82) is 0 Å². The Morgan fingerprint density at radius 1 is 1.29 bits per heavy atom. The summed E-state index contributed by atoms with van der Waals surface area (Å²) in [6.45, 7) is 2.44. The van der Waals surface area contributed by atoms with Crippen molar-refractivity contribution in [3.8, 4) is 0 Å². The van der Waals surface area contributed by atoms with E-state index < -0.39 is 5.60 Å². The Hall–Kier alpha value is -0.120. The molecule has 2 N–H and O–H groups in total. The number of hydrogen-bond acceptors (Lipinski definition) is 3. The van der Waals surface area contributed by atoms with Gasteiger partial charge in [-0.1, -0.05) is 19.3 Å². The van der Waals surface area contributed by atoms with Crippen LogP contribution in [0.3, 0.4) is 0 Å². The zero-order valence-corrected chi connectivity index (χ0v) is 8.80. The smallest absolute Gasteiger partial charge is 0.0771 e. The van der Waals surface area contributed by atoms with E-state index in [0.717, 1.165) is 39.0 Å². The summed E-state index contributed by atoms with van der Waals surface area (Å²) in [6.07, 6.45) is 6.67. The van der Waals surface area contributed by atoms with Crippen molar-refractivity contribution in [2.45, 2.75) is 50.2 Å². The molecule has 0 radical (unpaired) electrons. The quantitative estimate of drug-likeness (QED) is 0.714. The Morgan fingerprint density at radius 3 is 2.71 bits per heavy atom. The number of rotatable bonds is 3. The molecule has 1 saturated carbocycles. The van der Waals surface area contributed by atoms with Crippen molar-refractivity contribution in [1.82, 2.24) is 5.32 Å². The second-order valence-corrected chi connectivity index (χ2v) is 4.73. The minimum atomic E-state index is -0.430. The first kappa shape index (κ1) is 10.4. The zero-order valence-electron chi connectivity index (χ0n) is 8.80. The Kier molecular flexibility index (Phi) is 3.42. The molecule has 14 heavy (non-hydrogen) atoms. The molecular formula is C11H21NO2. The molecule has 0 bridgehead atoms. The SMILES string of the molecule is OC1(CNC2CCOC2)CCCCC1. The molecule has 2 fully saturated rings. The molecule has 1 unspecified atom stereocenters. The maximum atomic E-state index is 10.2. The van der Waals surface area contributed by atoms with Crippen molar-refractivity contribution in [2.75, 3.05) is 19.8 Å². The first-order valence-corrected chi connectivity index (χ1v) is 5.82. The van der Waals surface area contributed by atoms with Crippen LogP contribution in [0.1, 0.15) is 38.5 Å². The largest absolute Gasteiger partial charge is 0.389 e. The molecule has 1 heterocycles. The predicted octanol–water partition coefficient (Wildman–Crippen LogP) is 1.06. The van der Waals surface area contributed by atoms with Gasteiger partial charge in [-0.3, -0.25) is 0 Å². The van der Waals surface area contributed by atoms with Crippen LogP contribution in [0.25, 0.3) is 0 Å². The van der Waals surface area contributed by atoms with Gasteiger partial charge in [-0.2, -0.15) is 0 Å². The summed E-state index contributed by atoms with van der Waals surface area (Å²) in [5, 5.41) is 13.6. The second kappa shape index (κ2) is 4.60.